The number of guanidine groups is 1. The van der Waals surface area contributed by atoms with Gasteiger partial charge in [-0.3, -0.25) is 14.7 Å². The van der Waals surface area contributed by atoms with Gasteiger partial charge in [-0.25, -0.2) is 0 Å². The predicted octanol–water partition coefficient (Wildman–Crippen LogP) is 3.07. The van der Waals surface area contributed by atoms with Gasteiger partial charge >= 0.3 is 0 Å². The molecule has 7 heteroatoms. The van der Waals surface area contributed by atoms with E-state index in [0.717, 1.165) is 57.7 Å². The van der Waals surface area contributed by atoms with E-state index in [1.54, 1.807) is 6.92 Å². The number of rotatable bonds is 8. The van der Waals surface area contributed by atoms with E-state index >= 15 is 0 Å². The second-order valence-electron chi connectivity index (χ2n) is 8.24. The normalized spacial score (nSPS) is 20.4. The SMILES string of the molecule is CCNC(=NCCN1CCN(C(C)=O)CC1)NC(C)CCC1CCCCC1.I. The zero-order valence-electron chi connectivity index (χ0n) is 18.2. The van der Waals surface area contributed by atoms with Crippen molar-refractivity contribution in [1.82, 2.24) is 20.4 Å². The van der Waals surface area contributed by atoms with Crippen molar-refractivity contribution in [1.29, 1.82) is 0 Å². The summed E-state index contributed by atoms with van der Waals surface area (Å²) in [5.74, 6) is 2.07. The second kappa shape index (κ2) is 14.4. The van der Waals surface area contributed by atoms with Crippen LogP contribution in [0, 0.1) is 5.92 Å². The van der Waals surface area contributed by atoms with Gasteiger partial charge in [0.05, 0.1) is 6.54 Å². The first-order chi connectivity index (χ1) is 13.1. The van der Waals surface area contributed by atoms with Gasteiger partial charge in [-0.15, -0.1) is 24.0 Å². The zero-order chi connectivity index (χ0) is 19.5. The first-order valence-corrected chi connectivity index (χ1v) is 11.1. The van der Waals surface area contributed by atoms with Crippen molar-refractivity contribution in [2.75, 3.05) is 45.8 Å². The molecule has 1 aliphatic carbocycles. The van der Waals surface area contributed by atoms with Gasteiger partial charge in [0.2, 0.25) is 5.91 Å². The molecule has 2 rings (SSSR count). The van der Waals surface area contributed by atoms with Crippen LogP contribution in [0.3, 0.4) is 0 Å². The number of nitrogens with zero attached hydrogens (tertiary/aromatic N) is 3. The highest BCUT2D eigenvalue weighted by Crippen LogP contribution is 2.27. The van der Waals surface area contributed by atoms with Crippen LogP contribution < -0.4 is 10.6 Å². The lowest BCUT2D eigenvalue weighted by Crippen LogP contribution is -2.48. The average molecular weight is 508 g/mol. The molecule has 164 valence electrons. The molecule has 2 N–H and O–H groups in total. The fraction of sp³-hybridized carbons (Fsp3) is 0.905. The van der Waals surface area contributed by atoms with Crippen LogP contribution in [0.4, 0.5) is 0 Å². The van der Waals surface area contributed by atoms with Gasteiger partial charge in [0.15, 0.2) is 5.96 Å². The van der Waals surface area contributed by atoms with Crippen molar-refractivity contribution in [2.24, 2.45) is 10.9 Å². The molecule has 0 radical (unpaired) electrons. The lowest BCUT2D eigenvalue weighted by molar-refractivity contribution is -0.130. The molecule has 2 fully saturated rings. The Bertz CT molecular complexity index is 460. The molecule has 1 atom stereocenters. The van der Waals surface area contributed by atoms with Crippen molar-refractivity contribution in [2.45, 2.75) is 71.8 Å². The Morgan fingerprint density at radius 3 is 2.43 bits per heavy atom. The third kappa shape index (κ3) is 9.76. The largest absolute Gasteiger partial charge is 0.357 e. The van der Waals surface area contributed by atoms with E-state index in [0.29, 0.717) is 6.04 Å². The van der Waals surface area contributed by atoms with Crippen molar-refractivity contribution in [3.8, 4) is 0 Å². The maximum atomic E-state index is 11.4. The van der Waals surface area contributed by atoms with Crippen LogP contribution in [0.15, 0.2) is 4.99 Å². The summed E-state index contributed by atoms with van der Waals surface area (Å²) in [7, 11) is 0. The topological polar surface area (TPSA) is 60.0 Å². The number of piperazine rings is 1. The molecule has 0 spiro atoms. The van der Waals surface area contributed by atoms with Crippen LogP contribution in [-0.4, -0.2) is 73.5 Å². The molecule has 1 amide bonds. The fourth-order valence-corrected chi connectivity index (χ4v) is 4.18. The van der Waals surface area contributed by atoms with E-state index in [4.69, 9.17) is 4.99 Å². The number of carbonyl (C=O) groups is 1. The molecule has 0 bridgehead atoms. The molecule has 0 aromatic heterocycles. The molecule has 6 nitrogen and oxygen atoms in total. The number of amides is 1. The molecule has 28 heavy (non-hydrogen) atoms. The minimum atomic E-state index is 0. The van der Waals surface area contributed by atoms with E-state index in [2.05, 4.69) is 29.4 Å². The first-order valence-electron chi connectivity index (χ1n) is 11.1. The summed E-state index contributed by atoms with van der Waals surface area (Å²) in [5, 5.41) is 6.96. The average Bonchev–Trinajstić information content (AvgIpc) is 2.68. The van der Waals surface area contributed by atoms with Gasteiger partial charge in [-0.1, -0.05) is 32.1 Å². The van der Waals surface area contributed by atoms with E-state index in [1.165, 1.54) is 44.9 Å². The summed E-state index contributed by atoms with van der Waals surface area (Å²) < 4.78 is 0. The molecule has 1 heterocycles. The highest BCUT2D eigenvalue weighted by molar-refractivity contribution is 14.0. The van der Waals surface area contributed by atoms with E-state index in [-0.39, 0.29) is 29.9 Å². The number of nitrogens with one attached hydrogen (secondary N) is 2. The lowest BCUT2D eigenvalue weighted by Gasteiger charge is -2.33. The minimum absolute atomic E-state index is 0. The molecular formula is C21H42IN5O. The molecule has 1 unspecified atom stereocenters. The second-order valence-corrected chi connectivity index (χ2v) is 8.24. The number of aliphatic imine (C=N–C) groups is 1. The van der Waals surface area contributed by atoms with Gasteiger partial charge in [-0.2, -0.15) is 0 Å². The Morgan fingerprint density at radius 2 is 1.82 bits per heavy atom. The number of hydrogen-bond acceptors (Lipinski definition) is 3. The van der Waals surface area contributed by atoms with Crippen LogP contribution in [0.1, 0.15) is 65.7 Å². The molecule has 1 aliphatic heterocycles. The fourth-order valence-electron chi connectivity index (χ4n) is 4.18. The molecular weight excluding hydrogens is 465 g/mol. The van der Waals surface area contributed by atoms with Gasteiger partial charge in [0.25, 0.3) is 0 Å². The maximum Gasteiger partial charge on any atom is 0.219 e. The molecule has 1 saturated carbocycles. The Hall–Kier alpha value is -0.570. The van der Waals surface area contributed by atoms with Crippen LogP contribution >= 0.6 is 24.0 Å². The summed E-state index contributed by atoms with van der Waals surface area (Å²) in [6.45, 7) is 12.3. The highest BCUT2D eigenvalue weighted by atomic mass is 127. The number of halogens is 1. The smallest absolute Gasteiger partial charge is 0.219 e. The molecule has 2 aliphatic rings. The summed E-state index contributed by atoms with van der Waals surface area (Å²) in [6.07, 6.45) is 9.71. The van der Waals surface area contributed by atoms with Gasteiger partial charge in [-0.05, 0) is 32.6 Å². The summed E-state index contributed by atoms with van der Waals surface area (Å²) >= 11 is 0. The van der Waals surface area contributed by atoms with E-state index in [1.807, 2.05) is 4.90 Å². The Morgan fingerprint density at radius 1 is 1.14 bits per heavy atom. The maximum absolute atomic E-state index is 11.4. The summed E-state index contributed by atoms with van der Waals surface area (Å²) in [6, 6.07) is 0.462. The first kappa shape index (κ1) is 25.5. The van der Waals surface area contributed by atoms with Crippen LogP contribution in [-0.2, 0) is 4.79 Å². The quantitative estimate of drug-likeness (QED) is 0.301. The number of carbonyl (C=O) groups excluding carboxylic acids is 1. The van der Waals surface area contributed by atoms with Gasteiger partial charge in [0.1, 0.15) is 0 Å². The minimum Gasteiger partial charge on any atom is -0.357 e. The van der Waals surface area contributed by atoms with Crippen molar-refractivity contribution >= 4 is 35.8 Å². The summed E-state index contributed by atoms with van der Waals surface area (Å²) in [4.78, 5) is 20.5. The summed E-state index contributed by atoms with van der Waals surface area (Å²) in [5.41, 5.74) is 0. The standard InChI is InChI=1S/C21H41N5O.HI/c1-4-22-21(24-18(2)10-11-20-8-6-5-7-9-20)23-12-13-25-14-16-26(17-15-25)19(3)27;/h18,20H,4-17H2,1-3H3,(H2,22,23,24);1H. The van der Waals surface area contributed by atoms with Gasteiger partial charge < -0.3 is 15.5 Å². The number of hydrogen-bond donors (Lipinski definition) is 2. The van der Waals surface area contributed by atoms with Crippen molar-refractivity contribution in [3.05, 3.63) is 0 Å². The van der Waals surface area contributed by atoms with Crippen LogP contribution in [0.2, 0.25) is 0 Å². The van der Waals surface area contributed by atoms with Gasteiger partial charge in [0, 0.05) is 52.2 Å². The van der Waals surface area contributed by atoms with E-state index < -0.39 is 0 Å². The highest BCUT2D eigenvalue weighted by Gasteiger charge is 2.18. The van der Waals surface area contributed by atoms with Crippen molar-refractivity contribution in [3.63, 3.8) is 0 Å². The lowest BCUT2D eigenvalue weighted by atomic mass is 9.85. The Labute approximate surface area is 189 Å². The van der Waals surface area contributed by atoms with Crippen LogP contribution in [0.25, 0.3) is 0 Å². The third-order valence-electron chi connectivity index (χ3n) is 5.96. The zero-order valence-corrected chi connectivity index (χ0v) is 20.5. The molecule has 1 saturated heterocycles. The van der Waals surface area contributed by atoms with Crippen LogP contribution in [0.5, 0.6) is 0 Å². The Kier molecular flexibility index (Phi) is 13.1. The molecule has 0 aromatic rings. The monoisotopic (exact) mass is 507 g/mol. The van der Waals surface area contributed by atoms with E-state index in [9.17, 15) is 4.79 Å². The Balaban J connectivity index is 0.00000392. The molecule has 0 aromatic carbocycles. The van der Waals surface area contributed by atoms with Crippen molar-refractivity contribution < 1.29 is 4.79 Å². The predicted molar refractivity (Wildman–Crippen MR) is 128 cm³/mol. The third-order valence-corrected chi connectivity index (χ3v) is 5.96.